The number of hydrogen-bond donors (Lipinski definition) is 1. The first-order valence-corrected chi connectivity index (χ1v) is 11.6. The van der Waals surface area contributed by atoms with Crippen LogP contribution in [0.2, 0.25) is 0 Å². The van der Waals surface area contributed by atoms with Gasteiger partial charge in [0.1, 0.15) is 0 Å². The Balaban J connectivity index is 1.67. The Kier molecular flexibility index (Phi) is 7.57. The van der Waals surface area contributed by atoms with Crippen LogP contribution in [0.3, 0.4) is 0 Å². The minimum absolute atomic E-state index is 0.0871. The van der Waals surface area contributed by atoms with Crippen molar-refractivity contribution in [1.82, 2.24) is 14.5 Å². The molecule has 1 aromatic heterocycles. The molecule has 0 radical (unpaired) electrons. The third kappa shape index (κ3) is 5.69. The van der Waals surface area contributed by atoms with E-state index in [0.717, 1.165) is 21.2 Å². The van der Waals surface area contributed by atoms with Gasteiger partial charge in [-0.25, -0.2) is 8.42 Å². The fourth-order valence-corrected chi connectivity index (χ4v) is 4.95. The number of sulfonamides is 1. The minimum Gasteiger partial charge on any atom is -0.493 e. The van der Waals surface area contributed by atoms with E-state index in [0.29, 0.717) is 17.1 Å². The first-order chi connectivity index (χ1) is 15.3. The zero-order chi connectivity index (χ0) is 23.1. The van der Waals surface area contributed by atoms with Crippen molar-refractivity contribution >= 4 is 38.5 Å². The average Bonchev–Trinajstić information content (AvgIpc) is 3.27. The fraction of sp³-hybridized carbons (Fsp3) is 0.190. The Morgan fingerprint density at radius 3 is 2.50 bits per heavy atom. The van der Waals surface area contributed by atoms with Gasteiger partial charge in [-0.1, -0.05) is 47.7 Å². The highest BCUT2D eigenvalue weighted by Crippen LogP contribution is 2.29. The Morgan fingerprint density at radius 1 is 1.09 bits per heavy atom. The second kappa shape index (κ2) is 10.4. The molecule has 0 spiro atoms. The minimum atomic E-state index is -3.91. The molecule has 0 fully saturated rings. The lowest BCUT2D eigenvalue weighted by Crippen LogP contribution is -2.26. The van der Waals surface area contributed by atoms with Crippen LogP contribution in [-0.4, -0.2) is 50.1 Å². The quantitative estimate of drug-likeness (QED) is 0.375. The maximum atomic E-state index is 12.9. The number of aromatic nitrogens is 2. The Bertz CT molecular complexity index is 1210. The number of nitrogens with one attached hydrogen (secondary N) is 1. The van der Waals surface area contributed by atoms with Gasteiger partial charge >= 0.3 is 0 Å². The van der Waals surface area contributed by atoms with E-state index in [1.54, 1.807) is 24.3 Å². The summed E-state index contributed by atoms with van der Waals surface area (Å²) in [5, 5.41) is 10.1. The normalized spacial score (nSPS) is 11.6. The molecule has 3 rings (SSSR count). The van der Waals surface area contributed by atoms with Crippen molar-refractivity contribution in [2.75, 3.05) is 26.6 Å². The Hall–Kier alpha value is -3.28. The Labute approximate surface area is 190 Å². The summed E-state index contributed by atoms with van der Waals surface area (Å²) in [6, 6.07) is 14.5. The van der Waals surface area contributed by atoms with Gasteiger partial charge in [0.15, 0.2) is 11.5 Å². The first-order valence-electron chi connectivity index (χ1n) is 9.38. The molecule has 0 atom stereocenters. The number of anilines is 1. The van der Waals surface area contributed by atoms with E-state index in [2.05, 4.69) is 15.5 Å². The predicted octanol–water partition coefficient (Wildman–Crippen LogP) is 3.03. The molecule has 3 aromatic rings. The number of nitrogens with zero attached hydrogens (tertiary/aromatic N) is 3. The molecule has 168 valence electrons. The molecule has 1 amide bonds. The summed E-state index contributed by atoms with van der Waals surface area (Å²) < 4.78 is 37.1. The highest BCUT2D eigenvalue weighted by molar-refractivity contribution is 7.91. The second-order valence-electron chi connectivity index (χ2n) is 6.56. The highest BCUT2D eigenvalue weighted by Gasteiger charge is 2.26. The van der Waals surface area contributed by atoms with Gasteiger partial charge in [-0.2, -0.15) is 4.31 Å². The second-order valence-corrected chi connectivity index (χ2v) is 9.75. The molecule has 0 unspecified atom stereocenters. The summed E-state index contributed by atoms with van der Waals surface area (Å²) in [7, 11) is 0.566. The monoisotopic (exact) mass is 474 g/mol. The van der Waals surface area contributed by atoms with Crippen molar-refractivity contribution in [3.63, 3.8) is 0 Å². The first kappa shape index (κ1) is 23.4. The smallest absolute Gasteiger partial charge is 0.272 e. The van der Waals surface area contributed by atoms with Crippen molar-refractivity contribution in [2.45, 2.75) is 10.9 Å². The van der Waals surface area contributed by atoms with Crippen molar-refractivity contribution in [2.24, 2.45) is 0 Å². The van der Waals surface area contributed by atoms with Crippen molar-refractivity contribution in [1.29, 1.82) is 0 Å². The third-order valence-electron chi connectivity index (χ3n) is 4.35. The van der Waals surface area contributed by atoms with E-state index in [1.807, 2.05) is 30.3 Å². The summed E-state index contributed by atoms with van der Waals surface area (Å²) in [5.74, 6) is 0.612. The molecule has 9 nitrogen and oxygen atoms in total. The van der Waals surface area contributed by atoms with E-state index in [1.165, 1.54) is 27.3 Å². The summed E-state index contributed by atoms with van der Waals surface area (Å²) in [6.45, 7) is 0.0871. The molecule has 0 aliphatic rings. The number of carbonyl (C=O) groups excluding carboxylic acids is 1. The van der Waals surface area contributed by atoms with Crippen LogP contribution in [0.1, 0.15) is 11.1 Å². The van der Waals surface area contributed by atoms with Crippen LogP contribution >= 0.6 is 11.3 Å². The molecule has 2 aromatic carbocycles. The maximum absolute atomic E-state index is 12.9. The molecular formula is C21H22N4O5S2. The summed E-state index contributed by atoms with van der Waals surface area (Å²) >= 11 is 0.780. The van der Waals surface area contributed by atoms with E-state index >= 15 is 0 Å². The largest absolute Gasteiger partial charge is 0.493 e. The number of hydrogen-bond acceptors (Lipinski definition) is 8. The van der Waals surface area contributed by atoms with Crippen molar-refractivity contribution in [3.05, 3.63) is 65.7 Å². The SMILES string of the molecule is COc1ccc(CN(C)S(=O)(=O)c2nnc(NC(=O)C=Cc3ccccc3)s2)cc1OC. The number of amides is 1. The molecule has 11 heteroatoms. The lowest BCUT2D eigenvalue weighted by atomic mass is 10.2. The molecular weight excluding hydrogens is 452 g/mol. The zero-order valence-corrected chi connectivity index (χ0v) is 19.3. The van der Waals surface area contributed by atoms with Gasteiger partial charge in [0.25, 0.3) is 10.0 Å². The number of benzene rings is 2. The van der Waals surface area contributed by atoms with Crippen LogP contribution in [-0.2, 0) is 21.4 Å². The highest BCUT2D eigenvalue weighted by atomic mass is 32.2. The standard InChI is InChI=1S/C21H22N4O5S2/c1-25(14-16-9-11-17(29-2)18(13-16)30-3)32(27,28)21-24-23-20(31-21)22-19(26)12-10-15-7-5-4-6-8-15/h4-13H,14H2,1-3H3,(H,22,23,26). The topological polar surface area (TPSA) is 111 Å². The molecule has 0 aliphatic heterocycles. The third-order valence-corrected chi connectivity index (χ3v) is 7.34. The van der Waals surface area contributed by atoms with Crippen molar-refractivity contribution in [3.8, 4) is 11.5 Å². The summed E-state index contributed by atoms with van der Waals surface area (Å²) in [4.78, 5) is 12.1. The van der Waals surface area contributed by atoms with Crippen molar-refractivity contribution < 1.29 is 22.7 Å². The van der Waals surface area contributed by atoms with Crippen LogP contribution in [0.15, 0.2) is 58.9 Å². The fourth-order valence-electron chi connectivity index (χ4n) is 2.70. The van der Waals surface area contributed by atoms with E-state index in [-0.39, 0.29) is 16.0 Å². The van der Waals surface area contributed by atoms with E-state index in [4.69, 9.17) is 9.47 Å². The Morgan fingerprint density at radius 2 is 1.81 bits per heavy atom. The van der Waals surface area contributed by atoms with Gasteiger partial charge in [-0.3, -0.25) is 10.1 Å². The summed E-state index contributed by atoms with van der Waals surface area (Å²) in [5.41, 5.74) is 1.57. The number of carbonyl (C=O) groups is 1. The van der Waals surface area contributed by atoms with Crippen LogP contribution in [0.25, 0.3) is 6.08 Å². The molecule has 0 aliphatic carbocycles. The van der Waals surface area contributed by atoms with Gasteiger partial charge < -0.3 is 9.47 Å². The molecule has 1 heterocycles. The number of rotatable bonds is 9. The lowest BCUT2D eigenvalue weighted by molar-refractivity contribution is -0.111. The number of methoxy groups -OCH3 is 2. The van der Waals surface area contributed by atoms with Gasteiger partial charge in [0.2, 0.25) is 15.4 Å². The zero-order valence-electron chi connectivity index (χ0n) is 17.7. The predicted molar refractivity (Wildman–Crippen MR) is 122 cm³/mol. The van der Waals surface area contributed by atoms with Gasteiger partial charge in [0, 0.05) is 19.7 Å². The van der Waals surface area contributed by atoms with Gasteiger partial charge in [-0.15, -0.1) is 10.2 Å². The summed E-state index contributed by atoms with van der Waals surface area (Å²) in [6.07, 6.45) is 2.99. The number of ether oxygens (including phenoxy) is 2. The molecule has 0 bridgehead atoms. The lowest BCUT2D eigenvalue weighted by Gasteiger charge is -2.16. The van der Waals surface area contributed by atoms with E-state index in [9.17, 15) is 13.2 Å². The van der Waals surface area contributed by atoms with Crippen LogP contribution in [0.4, 0.5) is 5.13 Å². The van der Waals surface area contributed by atoms with Crippen LogP contribution in [0.5, 0.6) is 11.5 Å². The molecule has 32 heavy (non-hydrogen) atoms. The average molecular weight is 475 g/mol. The molecule has 1 N–H and O–H groups in total. The molecule has 0 saturated heterocycles. The van der Waals surface area contributed by atoms with Gasteiger partial charge in [0.05, 0.1) is 14.2 Å². The van der Waals surface area contributed by atoms with Crippen LogP contribution in [0, 0.1) is 0 Å². The van der Waals surface area contributed by atoms with Gasteiger partial charge in [-0.05, 0) is 29.3 Å². The van der Waals surface area contributed by atoms with Crippen LogP contribution < -0.4 is 14.8 Å². The van der Waals surface area contributed by atoms with E-state index < -0.39 is 15.9 Å². The maximum Gasteiger partial charge on any atom is 0.272 e. The molecule has 0 saturated carbocycles.